The van der Waals surface area contributed by atoms with Gasteiger partial charge in [-0.25, -0.2) is 0 Å². The van der Waals surface area contributed by atoms with Gasteiger partial charge in [0, 0.05) is 19.3 Å². The van der Waals surface area contributed by atoms with Crippen LogP contribution in [0, 0.1) is 5.41 Å². The molecule has 1 atom stereocenters. The van der Waals surface area contributed by atoms with Crippen LogP contribution in [0.5, 0.6) is 0 Å². The quantitative estimate of drug-likeness (QED) is 0.815. The number of hydrogen-bond acceptors (Lipinski definition) is 4. The molecule has 1 aliphatic heterocycles. The fourth-order valence-corrected chi connectivity index (χ4v) is 2.12. The predicted octanol–water partition coefficient (Wildman–Crippen LogP) is 1.23. The van der Waals surface area contributed by atoms with Gasteiger partial charge in [-0.2, -0.15) is 0 Å². The van der Waals surface area contributed by atoms with E-state index in [2.05, 4.69) is 5.32 Å². The van der Waals surface area contributed by atoms with Gasteiger partial charge in [0.1, 0.15) is 0 Å². The Morgan fingerprint density at radius 3 is 2.48 bits per heavy atom. The molecule has 112 valence electrons. The van der Waals surface area contributed by atoms with E-state index in [1.165, 1.54) is 13.1 Å². The molecule has 3 N–H and O–H groups in total. The number of rotatable bonds is 4. The molecule has 0 spiro atoms. The van der Waals surface area contributed by atoms with Crippen molar-refractivity contribution in [3.8, 4) is 0 Å². The number of amides is 3. The van der Waals surface area contributed by atoms with Crippen LogP contribution >= 0.6 is 0 Å². The average Bonchev–Trinajstić information content (AvgIpc) is 2.71. The van der Waals surface area contributed by atoms with Crippen molar-refractivity contribution in [2.24, 2.45) is 11.1 Å². The Labute approximate surface area is 123 Å². The maximum atomic E-state index is 12.3. The number of benzene rings is 1. The molecular weight excluding hydrogens is 270 g/mol. The number of carbonyl (C=O) groups is 3. The summed E-state index contributed by atoms with van der Waals surface area (Å²) in [6.45, 7) is 3.92. The van der Waals surface area contributed by atoms with Gasteiger partial charge in [-0.3, -0.25) is 19.3 Å². The third-order valence-corrected chi connectivity index (χ3v) is 4.13. The summed E-state index contributed by atoms with van der Waals surface area (Å²) in [7, 11) is 1.44. The predicted molar refractivity (Wildman–Crippen MR) is 78.9 cm³/mol. The maximum Gasteiger partial charge on any atom is 0.261 e. The van der Waals surface area contributed by atoms with E-state index in [-0.39, 0.29) is 24.3 Å². The topological polar surface area (TPSA) is 92.5 Å². The standard InChI is InChI=1S/C15H19N3O3/c1-4-15(2,8-16)14(21)17-9-5-6-10-11(7-9)13(20)18(3)12(10)19/h5-7H,4,8,16H2,1-3H3,(H,17,21). The van der Waals surface area contributed by atoms with E-state index < -0.39 is 5.41 Å². The van der Waals surface area contributed by atoms with Crippen molar-refractivity contribution in [3.05, 3.63) is 29.3 Å². The van der Waals surface area contributed by atoms with Crippen LogP contribution in [0.4, 0.5) is 5.69 Å². The van der Waals surface area contributed by atoms with Crippen molar-refractivity contribution >= 4 is 23.4 Å². The number of imide groups is 1. The minimum absolute atomic E-state index is 0.197. The molecule has 0 aliphatic carbocycles. The van der Waals surface area contributed by atoms with Crippen LogP contribution in [0.3, 0.4) is 0 Å². The highest BCUT2D eigenvalue weighted by Crippen LogP contribution is 2.27. The minimum atomic E-state index is -0.657. The van der Waals surface area contributed by atoms with Gasteiger partial charge < -0.3 is 11.1 Å². The molecule has 0 aromatic heterocycles. The summed E-state index contributed by atoms with van der Waals surface area (Å²) in [6.07, 6.45) is 0.612. The first-order valence-corrected chi connectivity index (χ1v) is 6.82. The number of nitrogens with zero attached hydrogens (tertiary/aromatic N) is 1. The molecule has 1 unspecified atom stereocenters. The number of anilines is 1. The van der Waals surface area contributed by atoms with Crippen LogP contribution in [0.1, 0.15) is 41.0 Å². The van der Waals surface area contributed by atoms with Crippen molar-refractivity contribution in [1.82, 2.24) is 4.90 Å². The number of hydrogen-bond donors (Lipinski definition) is 2. The highest BCUT2D eigenvalue weighted by molar-refractivity contribution is 6.21. The molecule has 1 heterocycles. The van der Waals surface area contributed by atoms with E-state index in [0.29, 0.717) is 23.2 Å². The zero-order valence-corrected chi connectivity index (χ0v) is 12.4. The van der Waals surface area contributed by atoms with Crippen LogP contribution in [0.15, 0.2) is 18.2 Å². The van der Waals surface area contributed by atoms with E-state index in [9.17, 15) is 14.4 Å². The highest BCUT2D eigenvalue weighted by atomic mass is 16.2. The summed E-state index contributed by atoms with van der Waals surface area (Å²) < 4.78 is 0. The highest BCUT2D eigenvalue weighted by Gasteiger charge is 2.34. The lowest BCUT2D eigenvalue weighted by Gasteiger charge is -2.25. The van der Waals surface area contributed by atoms with E-state index in [1.54, 1.807) is 19.1 Å². The molecule has 0 saturated heterocycles. The Kier molecular flexibility index (Phi) is 3.82. The van der Waals surface area contributed by atoms with Gasteiger partial charge in [0.2, 0.25) is 5.91 Å². The molecule has 1 aromatic rings. The molecule has 2 rings (SSSR count). The Hall–Kier alpha value is -2.21. The first kappa shape index (κ1) is 15.2. The lowest BCUT2D eigenvalue weighted by atomic mass is 9.86. The molecule has 21 heavy (non-hydrogen) atoms. The lowest BCUT2D eigenvalue weighted by molar-refractivity contribution is -0.124. The lowest BCUT2D eigenvalue weighted by Crippen LogP contribution is -2.39. The summed E-state index contributed by atoms with van der Waals surface area (Å²) in [5.74, 6) is -0.881. The smallest absolute Gasteiger partial charge is 0.261 e. The summed E-state index contributed by atoms with van der Waals surface area (Å²) in [6, 6.07) is 4.71. The number of carbonyl (C=O) groups excluding carboxylic acids is 3. The SMILES string of the molecule is CCC(C)(CN)C(=O)Nc1ccc2c(c1)C(=O)N(C)C2=O. The van der Waals surface area contributed by atoms with Gasteiger partial charge >= 0.3 is 0 Å². The first-order valence-electron chi connectivity index (χ1n) is 6.82. The second kappa shape index (κ2) is 5.29. The fraction of sp³-hybridized carbons (Fsp3) is 0.400. The normalized spacial score (nSPS) is 16.7. The average molecular weight is 289 g/mol. The van der Waals surface area contributed by atoms with Crippen molar-refractivity contribution in [3.63, 3.8) is 0 Å². The molecular formula is C15H19N3O3. The molecule has 3 amide bonds. The first-order chi connectivity index (χ1) is 9.84. The Morgan fingerprint density at radius 2 is 1.90 bits per heavy atom. The Morgan fingerprint density at radius 1 is 1.29 bits per heavy atom. The molecule has 0 fully saturated rings. The van der Waals surface area contributed by atoms with E-state index in [4.69, 9.17) is 5.73 Å². The second-order valence-corrected chi connectivity index (χ2v) is 5.50. The Bertz CT molecular complexity index is 621. The van der Waals surface area contributed by atoms with E-state index >= 15 is 0 Å². The largest absolute Gasteiger partial charge is 0.329 e. The van der Waals surface area contributed by atoms with Crippen molar-refractivity contribution < 1.29 is 14.4 Å². The second-order valence-electron chi connectivity index (χ2n) is 5.50. The van der Waals surface area contributed by atoms with Crippen LogP contribution in [-0.4, -0.2) is 36.2 Å². The maximum absolute atomic E-state index is 12.3. The van der Waals surface area contributed by atoms with Gasteiger partial charge in [-0.05, 0) is 31.5 Å². The van der Waals surface area contributed by atoms with Gasteiger partial charge in [-0.15, -0.1) is 0 Å². The zero-order valence-electron chi connectivity index (χ0n) is 12.4. The monoisotopic (exact) mass is 289 g/mol. The fourth-order valence-electron chi connectivity index (χ4n) is 2.12. The zero-order chi connectivity index (χ0) is 15.8. The van der Waals surface area contributed by atoms with Gasteiger partial charge in [-0.1, -0.05) is 6.92 Å². The number of nitrogens with one attached hydrogen (secondary N) is 1. The molecule has 0 bridgehead atoms. The summed E-state index contributed by atoms with van der Waals surface area (Å²) in [5, 5.41) is 2.76. The van der Waals surface area contributed by atoms with Crippen LogP contribution in [0.25, 0.3) is 0 Å². The summed E-state index contributed by atoms with van der Waals surface area (Å²) >= 11 is 0. The van der Waals surface area contributed by atoms with Crippen LogP contribution < -0.4 is 11.1 Å². The van der Waals surface area contributed by atoms with Crippen molar-refractivity contribution in [1.29, 1.82) is 0 Å². The molecule has 0 saturated carbocycles. The van der Waals surface area contributed by atoms with E-state index in [1.807, 2.05) is 6.92 Å². The van der Waals surface area contributed by atoms with Crippen LogP contribution in [-0.2, 0) is 4.79 Å². The molecule has 6 nitrogen and oxygen atoms in total. The summed E-state index contributed by atoms with van der Waals surface area (Å²) in [5.41, 5.74) is 6.16. The van der Waals surface area contributed by atoms with Crippen LogP contribution in [0.2, 0.25) is 0 Å². The third-order valence-electron chi connectivity index (χ3n) is 4.13. The van der Waals surface area contributed by atoms with Crippen molar-refractivity contribution in [2.45, 2.75) is 20.3 Å². The third kappa shape index (κ3) is 2.42. The molecule has 0 radical (unpaired) electrons. The van der Waals surface area contributed by atoms with Gasteiger partial charge in [0.15, 0.2) is 0 Å². The van der Waals surface area contributed by atoms with E-state index in [0.717, 1.165) is 4.90 Å². The van der Waals surface area contributed by atoms with Crippen molar-refractivity contribution in [2.75, 3.05) is 18.9 Å². The molecule has 6 heteroatoms. The number of fused-ring (bicyclic) bond motifs is 1. The molecule has 1 aromatic carbocycles. The van der Waals surface area contributed by atoms with Gasteiger partial charge in [0.05, 0.1) is 16.5 Å². The number of nitrogens with two attached hydrogens (primary N) is 1. The van der Waals surface area contributed by atoms with Gasteiger partial charge in [0.25, 0.3) is 11.8 Å². The molecule has 1 aliphatic rings. The summed E-state index contributed by atoms with van der Waals surface area (Å²) in [4.78, 5) is 37.0. The minimum Gasteiger partial charge on any atom is -0.329 e. The Balaban J connectivity index is 2.27.